The van der Waals surface area contributed by atoms with E-state index in [1.165, 1.54) is 12.3 Å². The van der Waals surface area contributed by atoms with Crippen LogP contribution < -0.4 is 0 Å². The molecule has 1 aliphatic rings. The number of carbonyl (C=O) groups excluding carboxylic acids is 1. The lowest BCUT2D eigenvalue weighted by molar-refractivity contribution is -0.129. The maximum absolute atomic E-state index is 11.8. The molecule has 1 aliphatic heterocycles. The molecule has 2 heterocycles. The normalized spacial score (nSPS) is 16.4. The Hall–Kier alpha value is -1.60. The summed E-state index contributed by atoms with van der Waals surface area (Å²) < 4.78 is 11.3. The maximum atomic E-state index is 11.8. The van der Waals surface area contributed by atoms with E-state index in [0.29, 0.717) is 16.3 Å². The third kappa shape index (κ3) is 2.64. The third-order valence-electron chi connectivity index (χ3n) is 2.60. The molecule has 20 heavy (non-hydrogen) atoms. The molecule has 0 radical (unpaired) electrons. The van der Waals surface area contributed by atoms with Gasteiger partial charge in [0.25, 0.3) is 0 Å². The lowest BCUT2D eigenvalue weighted by atomic mass is 10.2. The van der Waals surface area contributed by atoms with Gasteiger partial charge in [0, 0.05) is 9.65 Å². The van der Waals surface area contributed by atoms with E-state index in [0.717, 1.165) is 3.57 Å². The number of hydrogen-bond donors (Lipinski definition) is 0. The summed E-state index contributed by atoms with van der Waals surface area (Å²) in [4.78, 5) is 16.0. The van der Waals surface area contributed by atoms with Gasteiger partial charge in [-0.05, 0) is 52.9 Å². The van der Waals surface area contributed by atoms with Crippen LogP contribution in [0, 0.1) is 3.57 Å². The highest BCUT2D eigenvalue weighted by atomic mass is 127. The second-order valence-corrected chi connectivity index (χ2v) is 5.63. The zero-order valence-corrected chi connectivity index (χ0v) is 12.9. The van der Waals surface area contributed by atoms with Crippen molar-refractivity contribution in [3.8, 4) is 0 Å². The molecule has 4 nitrogen and oxygen atoms in total. The van der Waals surface area contributed by atoms with Gasteiger partial charge in [0.2, 0.25) is 5.90 Å². The average molecular weight is 400 g/mol. The van der Waals surface area contributed by atoms with E-state index in [4.69, 9.17) is 20.8 Å². The fourth-order valence-electron chi connectivity index (χ4n) is 1.69. The van der Waals surface area contributed by atoms with Crippen molar-refractivity contribution in [2.45, 2.75) is 0 Å². The third-order valence-corrected chi connectivity index (χ3v) is 3.60. The highest BCUT2D eigenvalue weighted by molar-refractivity contribution is 14.1. The summed E-state index contributed by atoms with van der Waals surface area (Å²) in [6, 6.07) is 8.87. The molecule has 0 bridgehead atoms. The smallest absolute Gasteiger partial charge is 0.363 e. The lowest BCUT2D eigenvalue weighted by Crippen LogP contribution is -2.06. The minimum absolute atomic E-state index is 0.185. The molecule has 1 aromatic heterocycles. The van der Waals surface area contributed by atoms with Crippen LogP contribution >= 0.6 is 34.2 Å². The molecule has 0 aliphatic carbocycles. The fraction of sp³-hybridized carbons (Fsp3) is 0. The van der Waals surface area contributed by atoms with Crippen LogP contribution in [0.1, 0.15) is 11.3 Å². The molecule has 0 unspecified atom stereocenters. The minimum atomic E-state index is -0.522. The van der Waals surface area contributed by atoms with Gasteiger partial charge in [-0.15, -0.1) is 0 Å². The van der Waals surface area contributed by atoms with Crippen molar-refractivity contribution in [3.63, 3.8) is 0 Å². The van der Waals surface area contributed by atoms with E-state index in [1.54, 1.807) is 18.2 Å². The lowest BCUT2D eigenvalue weighted by Gasteiger charge is -2.02. The summed E-state index contributed by atoms with van der Waals surface area (Å²) in [5, 5.41) is 0.483. The van der Waals surface area contributed by atoms with Crippen molar-refractivity contribution in [3.05, 3.63) is 62.2 Å². The number of aliphatic imine (C=N–C) groups is 1. The Balaban J connectivity index is 2.00. The van der Waals surface area contributed by atoms with Crippen LogP contribution in [0.3, 0.4) is 0 Å². The monoisotopic (exact) mass is 399 g/mol. The predicted octanol–water partition coefficient (Wildman–Crippen LogP) is 3.88. The quantitative estimate of drug-likeness (QED) is 0.437. The van der Waals surface area contributed by atoms with Crippen LogP contribution in [0.15, 0.2) is 51.7 Å². The molecule has 6 heteroatoms. The van der Waals surface area contributed by atoms with Crippen LogP contribution in [-0.2, 0) is 9.53 Å². The highest BCUT2D eigenvalue weighted by Crippen LogP contribution is 2.25. The van der Waals surface area contributed by atoms with Gasteiger partial charge in [0.05, 0.1) is 16.8 Å². The molecule has 100 valence electrons. The number of ether oxygens (including phenoxy) is 1. The van der Waals surface area contributed by atoms with Crippen molar-refractivity contribution in [2.75, 3.05) is 0 Å². The van der Waals surface area contributed by atoms with Gasteiger partial charge in [-0.3, -0.25) is 0 Å². The summed E-state index contributed by atoms with van der Waals surface area (Å²) >= 11 is 8.25. The summed E-state index contributed by atoms with van der Waals surface area (Å²) in [5.74, 6) is 0.221. The van der Waals surface area contributed by atoms with E-state index in [1.807, 2.05) is 12.1 Å². The first-order valence-corrected chi connectivity index (χ1v) is 7.10. The summed E-state index contributed by atoms with van der Waals surface area (Å²) in [6.07, 6.45) is 3.05. The van der Waals surface area contributed by atoms with Crippen LogP contribution in [0.4, 0.5) is 0 Å². The number of esters is 1. The van der Waals surface area contributed by atoms with Crippen molar-refractivity contribution in [2.24, 2.45) is 4.99 Å². The van der Waals surface area contributed by atoms with E-state index in [9.17, 15) is 4.79 Å². The largest absolute Gasteiger partial charge is 0.465 e. The van der Waals surface area contributed by atoms with Crippen molar-refractivity contribution < 1.29 is 13.9 Å². The number of nitrogens with zero attached hydrogens (tertiary/aromatic N) is 1. The molecule has 0 spiro atoms. The van der Waals surface area contributed by atoms with Crippen molar-refractivity contribution in [1.82, 2.24) is 0 Å². The standard InChI is InChI=1S/C14H7ClINO3/c15-11-4-3-8(16)6-10(11)13-17-12(14(18)20-13)7-9-2-1-5-19-9/h1-7H/b12-7-. The van der Waals surface area contributed by atoms with Gasteiger partial charge in [-0.1, -0.05) is 11.6 Å². The SMILES string of the molecule is O=C1OC(c2cc(I)ccc2Cl)=N/C1=C\c1ccco1. The Kier molecular flexibility index (Phi) is 3.62. The van der Waals surface area contributed by atoms with Gasteiger partial charge >= 0.3 is 5.97 Å². The molecule has 2 aromatic rings. The van der Waals surface area contributed by atoms with Crippen LogP contribution in [0.25, 0.3) is 6.08 Å². The Morgan fingerprint density at radius 1 is 1.30 bits per heavy atom. The summed E-state index contributed by atoms with van der Waals surface area (Å²) in [7, 11) is 0. The second-order valence-electron chi connectivity index (χ2n) is 3.98. The molecule has 3 rings (SSSR count). The first-order valence-electron chi connectivity index (χ1n) is 5.65. The first kappa shape index (κ1) is 13.4. The van der Waals surface area contributed by atoms with Crippen molar-refractivity contribution in [1.29, 1.82) is 0 Å². The van der Waals surface area contributed by atoms with E-state index < -0.39 is 5.97 Å². The second kappa shape index (κ2) is 5.41. The Morgan fingerprint density at radius 2 is 2.15 bits per heavy atom. The highest BCUT2D eigenvalue weighted by Gasteiger charge is 2.26. The fourth-order valence-corrected chi connectivity index (χ4v) is 2.38. The molecule has 0 atom stereocenters. The zero-order chi connectivity index (χ0) is 14.1. The summed E-state index contributed by atoms with van der Waals surface area (Å²) in [6.45, 7) is 0. The molecule has 0 saturated carbocycles. The van der Waals surface area contributed by atoms with Crippen LogP contribution in [0.2, 0.25) is 5.02 Å². The van der Waals surface area contributed by atoms with Gasteiger partial charge in [-0.2, -0.15) is 0 Å². The van der Waals surface area contributed by atoms with Gasteiger partial charge in [0.1, 0.15) is 5.76 Å². The number of rotatable bonds is 2. The molecule has 0 fully saturated rings. The molecule has 1 aromatic carbocycles. The molecule has 0 amide bonds. The van der Waals surface area contributed by atoms with Gasteiger partial charge in [-0.25, -0.2) is 9.79 Å². The average Bonchev–Trinajstić information content (AvgIpc) is 3.04. The van der Waals surface area contributed by atoms with E-state index in [2.05, 4.69) is 27.6 Å². The van der Waals surface area contributed by atoms with Crippen LogP contribution in [0.5, 0.6) is 0 Å². The maximum Gasteiger partial charge on any atom is 0.363 e. The number of cyclic esters (lactones) is 1. The first-order chi connectivity index (χ1) is 9.63. The Bertz CT molecular complexity index is 735. The topological polar surface area (TPSA) is 51.8 Å². The number of carbonyl (C=O) groups is 1. The van der Waals surface area contributed by atoms with Crippen LogP contribution in [-0.4, -0.2) is 11.9 Å². The Morgan fingerprint density at radius 3 is 2.90 bits per heavy atom. The number of halogens is 2. The molecule has 0 saturated heterocycles. The number of furan rings is 1. The van der Waals surface area contributed by atoms with E-state index in [-0.39, 0.29) is 11.6 Å². The van der Waals surface area contributed by atoms with E-state index >= 15 is 0 Å². The van der Waals surface area contributed by atoms with Gasteiger partial charge < -0.3 is 9.15 Å². The molecule has 0 N–H and O–H groups in total. The van der Waals surface area contributed by atoms with Crippen molar-refractivity contribution >= 4 is 52.1 Å². The predicted molar refractivity (Wildman–Crippen MR) is 83.5 cm³/mol. The van der Waals surface area contributed by atoms with Gasteiger partial charge in [0.15, 0.2) is 5.70 Å². The number of benzene rings is 1. The summed E-state index contributed by atoms with van der Waals surface area (Å²) in [5.41, 5.74) is 0.777. The Labute approximate surface area is 133 Å². The zero-order valence-electron chi connectivity index (χ0n) is 9.97. The molecular formula is C14H7ClINO3. The number of hydrogen-bond acceptors (Lipinski definition) is 4. The molecular weight excluding hydrogens is 393 g/mol. The minimum Gasteiger partial charge on any atom is -0.465 e.